The molecule has 6 rings (SSSR count). The van der Waals surface area contributed by atoms with Gasteiger partial charge in [0, 0.05) is 29.9 Å². The second kappa shape index (κ2) is 20.6. The van der Waals surface area contributed by atoms with Gasteiger partial charge < -0.3 is 45.8 Å². The van der Waals surface area contributed by atoms with Crippen LogP contribution >= 0.6 is 0 Å². The van der Waals surface area contributed by atoms with Crippen molar-refractivity contribution in [3.8, 4) is 5.75 Å². The first kappa shape index (κ1) is 44.7. The lowest BCUT2D eigenvalue weighted by molar-refractivity contribution is -0.130. The minimum Gasteiger partial charge on any atom is -0.497 e. The van der Waals surface area contributed by atoms with E-state index < -0.39 is 36.9 Å². The molecule has 7 atom stereocenters. The van der Waals surface area contributed by atoms with Crippen molar-refractivity contribution in [2.45, 2.75) is 76.0 Å². The van der Waals surface area contributed by atoms with Gasteiger partial charge in [0.15, 0.2) is 0 Å². The Hall–Kier alpha value is -5.89. The van der Waals surface area contributed by atoms with Crippen LogP contribution in [0.5, 0.6) is 5.75 Å². The summed E-state index contributed by atoms with van der Waals surface area (Å²) in [4.78, 5) is 41.3. The van der Waals surface area contributed by atoms with Crippen molar-refractivity contribution in [3.63, 3.8) is 0 Å². The molecule has 7 N–H and O–H groups in total. The van der Waals surface area contributed by atoms with Crippen molar-refractivity contribution in [2.24, 2.45) is 5.92 Å². The van der Waals surface area contributed by atoms with Gasteiger partial charge in [-0.25, -0.2) is 0 Å². The molecule has 61 heavy (non-hydrogen) atoms. The molecule has 7 unspecified atom stereocenters. The number of nitrogens with zero attached hydrogens (tertiary/aromatic N) is 1. The Morgan fingerprint density at radius 1 is 0.705 bits per heavy atom. The first-order chi connectivity index (χ1) is 29.4. The van der Waals surface area contributed by atoms with E-state index in [1.54, 1.807) is 43.5 Å². The van der Waals surface area contributed by atoms with Gasteiger partial charge in [-0.1, -0.05) is 85.3 Å². The fraction of sp³-hybridized carbons (Fsp3) is 0.327. The van der Waals surface area contributed by atoms with Gasteiger partial charge in [-0.05, 0) is 108 Å². The number of β-lactam (4-membered cyclic amide) rings is 1. The summed E-state index contributed by atoms with van der Waals surface area (Å²) in [5.41, 5.74) is 7.98. The van der Waals surface area contributed by atoms with Crippen molar-refractivity contribution in [2.75, 3.05) is 25.2 Å². The molecule has 1 fully saturated rings. The summed E-state index contributed by atoms with van der Waals surface area (Å²) in [6.45, 7) is 3.43. The number of nitrogens with one attached hydrogen (secondary N) is 2. The Bertz CT molecular complexity index is 2210. The summed E-state index contributed by atoms with van der Waals surface area (Å²) >= 11 is 0. The van der Waals surface area contributed by atoms with E-state index in [1.807, 2.05) is 65.6 Å². The largest absolute Gasteiger partial charge is 0.497 e. The average Bonchev–Trinajstić information content (AvgIpc) is 3.29. The minimum atomic E-state index is -1.78. The maximum absolute atomic E-state index is 13.8. The maximum Gasteiger partial charge on any atom is 0.251 e. The third-order valence-corrected chi connectivity index (χ3v) is 11.5. The van der Waals surface area contributed by atoms with Crippen LogP contribution in [0.3, 0.4) is 0 Å². The summed E-state index contributed by atoms with van der Waals surface area (Å²) in [6, 6.07) is 38.3. The SMILES string of the molecule is COc1ccc(C2C(CCC(C)c3ccc(C)cc3)C(=O)N2c2ccc(CNC(=O)c3ccc(Cc4ccc(C(=O)NCC(O)C(O)C(O)C(O)CO)cc4)cc3)cc2)cc1. The van der Waals surface area contributed by atoms with E-state index in [2.05, 4.69) is 48.7 Å². The number of carbonyl (C=O) groups is 3. The van der Waals surface area contributed by atoms with Crippen LogP contribution in [0.25, 0.3) is 0 Å². The van der Waals surface area contributed by atoms with Gasteiger partial charge in [0.25, 0.3) is 11.8 Å². The van der Waals surface area contributed by atoms with E-state index in [0.29, 0.717) is 30.0 Å². The van der Waals surface area contributed by atoms with Crippen LogP contribution in [0.4, 0.5) is 5.69 Å². The van der Waals surface area contributed by atoms with E-state index >= 15 is 0 Å². The third kappa shape index (κ3) is 11.1. The first-order valence-electron chi connectivity index (χ1n) is 20.6. The van der Waals surface area contributed by atoms with Gasteiger partial charge in [0.2, 0.25) is 5.91 Å². The van der Waals surface area contributed by atoms with Crippen LogP contribution in [0.2, 0.25) is 0 Å². The molecule has 5 aromatic rings. The van der Waals surface area contributed by atoms with Crippen molar-refractivity contribution >= 4 is 23.4 Å². The second-order valence-electron chi connectivity index (χ2n) is 15.9. The number of aliphatic hydroxyl groups excluding tert-OH is 5. The Morgan fingerprint density at radius 2 is 1.25 bits per heavy atom. The van der Waals surface area contributed by atoms with Crippen LogP contribution in [-0.2, 0) is 17.8 Å². The molecule has 5 aromatic carbocycles. The quantitative estimate of drug-likeness (QED) is 0.0564. The fourth-order valence-corrected chi connectivity index (χ4v) is 7.62. The zero-order chi connectivity index (χ0) is 43.6. The summed E-state index contributed by atoms with van der Waals surface area (Å²) in [5.74, 6) is 0.335. The maximum atomic E-state index is 13.8. The topological polar surface area (TPSA) is 189 Å². The van der Waals surface area contributed by atoms with E-state index in [4.69, 9.17) is 9.84 Å². The number of methoxy groups -OCH3 is 1. The highest BCUT2D eigenvalue weighted by molar-refractivity contribution is 6.03. The third-order valence-electron chi connectivity index (χ3n) is 11.5. The molecule has 0 bridgehead atoms. The summed E-state index contributed by atoms with van der Waals surface area (Å²) in [7, 11) is 1.64. The highest BCUT2D eigenvalue weighted by Gasteiger charge is 2.48. The molecule has 12 heteroatoms. The molecule has 12 nitrogen and oxygen atoms in total. The van der Waals surface area contributed by atoms with Gasteiger partial charge in [0.1, 0.15) is 24.1 Å². The fourth-order valence-electron chi connectivity index (χ4n) is 7.62. The monoisotopic (exact) mass is 829 g/mol. The highest BCUT2D eigenvalue weighted by atomic mass is 16.5. The predicted octanol–water partition coefficient (Wildman–Crippen LogP) is 4.98. The number of amides is 3. The van der Waals surface area contributed by atoms with Crippen molar-refractivity contribution in [3.05, 3.63) is 166 Å². The van der Waals surface area contributed by atoms with E-state index in [0.717, 1.165) is 46.5 Å². The van der Waals surface area contributed by atoms with Gasteiger partial charge in [-0.2, -0.15) is 0 Å². The molecule has 0 spiro atoms. The van der Waals surface area contributed by atoms with Crippen LogP contribution in [-0.4, -0.2) is 87.9 Å². The van der Waals surface area contributed by atoms with E-state index in [-0.39, 0.29) is 30.3 Å². The standard InChI is InChI=1S/C49H55N3O9/c1-30-4-13-35(14-5-30)31(2)6-25-41-44(36-19-23-40(61-3)24-20-36)52(49(41)60)39-21-11-34(12-22-39)27-50-47(58)37-15-7-32(8-16-37)26-33-9-17-38(18-10-33)48(59)51-28-42(54)45(56)46(57)43(55)29-53/h4-5,7-24,31,41-46,53-57H,6,25-29H2,1-3H3,(H,50,58)(H,51,59). The van der Waals surface area contributed by atoms with Crippen molar-refractivity contribution in [1.29, 1.82) is 0 Å². The average molecular weight is 830 g/mol. The number of hydrogen-bond donors (Lipinski definition) is 7. The minimum absolute atomic E-state index is 0.102. The lowest BCUT2D eigenvalue weighted by Gasteiger charge is -2.48. The molecule has 0 radical (unpaired) electrons. The Balaban J connectivity index is 0.998. The molecular weight excluding hydrogens is 775 g/mol. The number of rotatable bonds is 19. The van der Waals surface area contributed by atoms with Gasteiger partial charge in [-0.15, -0.1) is 0 Å². The Labute approximate surface area is 356 Å². The summed E-state index contributed by atoms with van der Waals surface area (Å²) < 4.78 is 5.40. The lowest BCUT2D eigenvalue weighted by Crippen LogP contribution is -2.55. The molecule has 1 aliphatic heterocycles. The predicted molar refractivity (Wildman–Crippen MR) is 232 cm³/mol. The Kier molecular flexibility index (Phi) is 15.1. The lowest BCUT2D eigenvalue weighted by atomic mass is 9.77. The number of ether oxygens (including phenoxy) is 1. The molecule has 1 saturated heterocycles. The first-order valence-corrected chi connectivity index (χ1v) is 20.6. The van der Waals surface area contributed by atoms with Gasteiger partial charge in [0.05, 0.1) is 31.8 Å². The molecule has 0 aliphatic carbocycles. The number of carbonyl (C=O) groups excluding carboxylic acids is 3. The second-order valence-corrected chi connectivity index (χ2v) is 15.9. The number of anilines is 1. The molecule has 0 saturated carbocycles. The molecule has 3 amide bonds. The smallest absolute Gasteiger partial charge is 0.251 e. The van der Waals surface area contributed by atoms with Crippen molar-refractivity contribution < 1.29 is 44.7 Å². The normalized spacial score (nSPS) is 17.4. The van der Waals surface area contributed by atoms with Crippen molar-refractivity contribution in [1.82, 2.24) is 10.6 Å². The summed E-state index contributed by atoms with van der Waals surface area (Å²) in [5, 5.41) is 53.6. The van der Waals surface area contributed by atoms with E-state index in [9.17, 15) is 34.8 Å². The van der Waals surface area contributed by atoms with Gasteiger partial charge >= 0.3 is 0 Å². The zero-order valence-electron chi connectivity index (χ0n) is 34.6. The number of benzene rings is 5. The molecule has 1 heterocycles. The molecule has 0 aromatic heterocycles. The molecule has 320 valence electrons. The zero-order valence-corrected chi connectivity index (χ0v) is 34.6. The van der Waals surface area contributed by atoms with Crippen LogP contribution < -0.4 is 20.3 Å². The van der Waals surface area contributed by atoms with Crippen LogP contribution in [0.1, 0.15) is 85.8 Å². The molecular formula is C49H55N3O9. The number of hydrogen-bond acceptors (Lipinski definition) is 9. The molecule has 1 aliphatic rings. The van der Waals surface area contributed by atoms with Gasteiger partial charge in [-0.3, -0.25) is 14.4 Å². The van der Waals surface area contributed by atoms with Crippen LogP contribution in [0, 0.1) is 12.8 Å². The van der Waals surface area contributed by atoms with Crippen LogP contribution in [0.15, 0.2) is 121 Å². The Morgan fingerprint density at radius 3 is 1.80 bits per heavy atom. The highest BCUT2D eigenvalue weighted by Crippen LogP contribution is 2.46. The number of aliphatic hydroxyl groups is 5. The van der Waals surface area contributed by atoms with E-state index in [1.165, 1.54) is 11.1 Å². The summed E-state index contributed by atoms with van der Waals surface area (Å²) in [6.07, 6.45) is -4.52. The number of aryl methyl sites for hydroxylation is 1.